The minimum absolute atomic E-state index is 0.0613. The highest BCUT2D eigenvalue weighted by Crippen LogP contribution is 2.05. The summed E-state index contributed by atoms with van der Waals surface area (Å²) in [6.07, 6.45) is 1.33. The highest BCUT2D eigenvalue weighted by Gasteiger charge is 2.22. The van der Waals surface area contributed by atoms with Crippen LogP contribution in [0, 0.1) is 5.92 Å². The summed E-state index contributed by atoms with van der Waals surface area (Å²) >= 11 is 0. The van der Waals surface area contributed by atoms with E-state index in [-0.39, 0.29) is 19.7 Å². The van der Waals surface area contributed by atoms with Gasteiger partial charge in [-0.05, 0) is 6.42 Å². The Hall–Kier alpha value is -0.660. The van der Waals surface area contributed by atoms with E-state index in [2.05, 4.69) is 0 Å². The second-order valence-electron chi connectivity index (χ2n) is 3.44. The lowest BCUT2D eigenvalue weighted by atomic mass is 10.2. The lowest BCUT2D eigenvalue weighted by molar-refractivity contribution is -0.141. The fraction of sp³-hybridized carbons (Fsp3) is 0.875. The van der Waals surface area contributed by atoms with E-state index in [4.69, 9.17) is 10.2 Å². The minimum Gasteiger partial charge on any atom is -0.481 e. The standard InChI is InChI=1S/C8H17NO5S/c1-7(8(11)12)6-9(4-3-5-10)15(2,13)14/h7,10H,3-6H2,1-2H3,(H,11,12). The number of carbonyl (C=O) groups is 1. The zero-order valence-electron chi connectivity index (χ0n) is 8.88. The van der Waals surface area contributed by atoms with Gasteiger partial charge in [0.2, 0.25) is 10.0 Å². The van der Waals surface area contributed by atoms with Crippen molar-refractivity contribution in [3.05, 3.63) is 0 Å². The molecule has 0 rings (SSSR count). The molecule has 6 nitrogen and oxygen atoms in total. The predicted octanol–water partition coefficient (Wildman–Crippen LogP) is -0.649. The molecule has 0 saturated heterocycles. The zero-order valence-corrected chi connectivity index (χ0v) is 9.70. The molecule has 0 bridgehead atoms. The molecule has 0 aromatic heterocycles. The summed E-state index contributed by atoms with van der Waals surface area (Å²) in [6.45, 7) is 1.41. The number of aliphatic hydroxyl groups excluding tert-OH is 1. The molecule has 1 unspecified atom stereocenters. The summed E-state index contributed by atoms with van der Waals surface area (Å²) in [4.78, 5) is 10.6. The third-order valence-electron chi connectivity index (χ3n) is 1.93. The van der Waals surface area contributed by atoms with Crippen LogP contribution in [0.4, 0.5) is 0 Å². The zero-order chi connectivity index (χ0) is 12.1. The minimum atomic E-state index is -3.41. The van der Waals surface area contributed by atoms with Crippen LogP contribution in [-0.2, 0) is 14.8 Å². The van der Waals surface area contributed by atoms with E-state index >= 15 is 0 Å². The molecule has 0 aromatic rings. The summed E-state index contributed by atoms with van der Waals surface area (Å²) < 4.78 is 23.6. The molecule has 0 aliphatic heterocycles. The van der Waals surface area contributed by atoms with Gasteiger partial charge < -0.3 is 10.2 Å². The van der Waals surface area contributed by atoms with Crippen molar-refractivity contribution in [3.63, 3.8) is 0 Å². The van der Waals surface area contributed by atoms with Gasteiger partial charge in [0.25, 0.3) is 0 Å². The molecule has 0 aliphatic rings. The first-order valence-corrected chi connectivity index (χ1v) is 6.42. The van der Waals surface area contributed by atoms with Crippen LogP contribution in [0.3, 0.4) is 0 Å². The van der Waals surface area contributed by atoms with Gasteiger partial charge in [-0.1, -0.05) is 6.92 Å². The highest BCUT2D eigenvalue weighted by atomic mass is 32.2. The van der Waals surface area contributed by atoms with Crippen molar-refractivity contribution in [2.24, 2.45) is 5.92 Å². The van der Waals surface area contributed by atoms with Gasteiger partial charge >= 0.3 is 5.97 Å². The Labute approximate surface area is 89.6 Å². The average Bonchev–Trinajstić information content (AvgIpc) is 2.09. The number of sulfonamides is 1. The number of hydrogen-bond donors (Lipinski definition) is 2. The molecule has 2 N–H and O–H groups in total. The fourth-order valence-electron chi connectivity index (χ4n) is 1.02. The van der Waals surface area contributed by atoms with E-state index in [0.717, 1.165) is 10.6 Å². The average molecular weight is 239 g/mol. The molecule has 0 amide bonds. The molecule has 0 spiro atoms. The Kier molecular flexibility index (Phi) is 5.77. The quantitative estimate of drug-likeness (QED) is 0.615. The Morgan fingerprint density at radius 3 is 2.33 bits per heavy atom. The topological polar surface area (TPSA) is 94.9 Å². The van der Waals surface area contributed by atoms with Crippen LogP contribution in [0.2, 0.25) is 0 Å². The number of carboxylic acid groups (broad SMARTS) is 1. The van der Waals surface area contributed by atoms with Crippen molar-refractivity contribution in [2.45, 2.75) is 13.3 Å². The molecule has 0 aromatic carbocycles. The largest absolute Gasteiger partial charge is 0.481 e. The van der Waals surface area contributed by atoms with Gasteiger partial charge in [0.15, 0.2) is 0 Å². The monoisotopic (exact) mass is 239 g/mol. The summed E-state index contributed by atoms with van der Waals surface area (Å²) in [5.74, 6) is -1.79. The number of hydrogen-bond acceptors (Lipinski definition) is 4. The Morgan fingerprint density at radius 1 is 1.47 bits per heavy atom. The van der Waals surface area contributed by atoms with Crippen molar-refractivity contribution >= 4 is 16.0 Å². The summed E-state index contributed by atoms with van der Waals surface area (Å²) in [5.41, 5.74) is 0. The van der Waals surface area contributed by atoms with E-state index in [0.29, 0.717) is 6.42 Å². The first-order chi connectivity index (χ1) is 6.79. The maximum absolute atomic E-state index is 11.2. The SMILES string of the molecule is CC(CN(CCCO)S(C)(=O)=O)C(=O)O. The lowest BCUT2D eigenvalue weighted by Crippen LogP contribution is -2.37. The summed E-state index contributed by atoms with van der Waals surface area (Å²) in [6, 6.07) is 0. The van der Waals surface area contributed by atoms with Crippen molar-refractivity contribution < 1.29 is 23.4 Å². The maximum Gasteiger partial charge on any atom is 0.307 e. The molecule has 90 valence electrons. The summed E-state index contributed by atoms with van der Waals surface area (Å²) in [5, 5.41) is 17.2. The number of aliphatic hydroxyl groups is 1. The van der Waals surface area contributed by atoms with Crippen molar-refractivity contribution in [1.29, 1.82) is 0 Å². The molecule has 0 aliphatic carbocycles. The van der Waals surface area contributed by atoms with Crippen LogP contribution in [0.15, 0.2) is 0 Å². The number of rotatable bonds is 7. The highest BCUT2D eigenvalue weighted by molar-refractivity contribution is 7.88. The van der Waals surface area contributed by atoms with E-state index < -0.39 is 21.9 Å². The predicted molar refractivity (Wildman–Crippen MR) is 54.9 cm³/mol. The van der Waals surface area contributed by atoms with E-state index in [1.165, 1.54) is 6.92 Å². The Morgan fingerprint density at radius 2 is 2.00 bits per heavy atom. The molecule has 15 heavy (non-hydrogen) atoms. The Balaban J connectivity index is 4.45. The van der Waals surface area contributed by atoms with Crippen molar-refractivity contribution in [1.82, 2.24) is 4.31 Å². The van der Waals surface area contributed by atoms with Crippen LogP contribution >= 0.6 is 0 Å². The molecule has 7 heteroatoms. The Bertz CT molecular complexity index is 300. The van der Waals surface area contributed by atoms with E-state index in [1.807, 2.05) is 0 Å². The lowest BCUT2D eigenvalue weighted by Gasteiger charge is -2.21. The van der Waals surface area contributed by atoms with Crippen LogP contribution in [0.5, 0.6) is 0 Å². The number of aliphatic carboxylic acids is 1. The van der Waals surface area contributed by atoms with E-state index in [1.54, 1.807) is 0 Å². The maximum atomic E-state index is 11.2. The van der Waals surface area contributed by atoms with Gasteiger partial charge in [0.05, 0.1) is 12.2 Å². The van der Waals surface area contributed by atoms with Crippen LogP contribution in [0.25, 0.3) is 0 Å². The van der Waals surface area contributed by atoms with Crippen LogP contribution < -0.4 is 0 Å². The van der Waals surface area contributed by atoms with Crippen LogP contribution in [0.1, 0.15) is 13.3 Å². The van der Waals surface area contributed by atoms with Gasteiger partial charge in [-0.3, -0.25) is 4.79 Å². The summed E-state index contributed by atoms with van der Waals surface area (Å²) in [7, 11) is -3.41. The molecular weight excluding hydrogens is 222 g/mol. The van der Waals surface area contributed by atoms with Gasteiger partial charge in [-0.2, -0.15) is 0 Å². The van der Waals surface area contributed by atoms with Crippen LogP contribution in [-0.4, -0.2) is 54.9 Å². The second-order valence-corrected chi connectivity index (χ2v) is 5.42. The van der Waals surface area contributed by atoms with Gasteiger partial charge in [0, 0.05) is 19.7 Å². The molecule has 1 atom stereocenters. The molecule has 0 radical (unpaired) electrons. The smallest absolute Gasteiger partial charge is 0.307 e. The second kappa shape index (κ2) is 6.04. The third-order valence-corrected chi connectivity index (χ3v) is 3.20. The first kappa shape index (κ1) is 14.3. The van der Waals surface area contributed by atoms with E-state index in [9.17, 15) is 13.2 Å². The normalized spacial score (nSPS) is 14.1. The molecule has 0 heterocycles. The van der Waals surface area contributed by atoms with Crippen molar-refractivity contribution in [3.8, 4) is 0 Å². The van der Waals surface area contributed by atoms with Gasteiger partial charge in [-0.25, -0.2) is 12.7 Å². The van der Waals surface area contributed by atoms with Gasteiger partial charge in [0.1, 0.15) is 0 Å². The van der Waals surface area contributed by atoms with Crippen molar-refractivity contribution in [2.75, 3.05) is 26.0 Å². The molecule has 0 fully saturated rings. The first-order valence-electron chi connectivity index (χ1n) is 4.57. The molecule has 0 saturated carbocycles. The molecular formula is C8H17NO5S. The fourth-order valence-corrected chi connectivity index (χ4v) is 1.98. The number of carboxylic acids is 1. The van der Waals surface area contributed by atoms with Gasteiger partial charge in [-0.15, -0.1) is 0 Å². The number of nitrogens with zero attached hydrogens (tertiary/aromatic N) is 1. The third kappa shape index (κ3) is 5.71.